The molecule has 0 saturated carbocycles. The average molecular weight is 405 g/mol. The summed E-state index contributed by atoms with van der Waals surface area (Å²) in [6.07, 6.45) is 1.43. The number of nitrogens with one attached hydrogen (secondary N) is 2. The number of anilines is 1. The first-order valence-electron chi connectivity index (χ1n) is 9.16. The Morgan fingerprint density at radius 3 is 2.59 bits per heavy atom. The van der Waals surface area contributed by atoms with Gasteiger partial charge in [-0.25, -0.2) is 4.98 Å². The smallest absolute Gasteiger partial charge is 0.293 e. The van der Waals surface area contributed by atoms with Gasteiger partial charge in [-0.1, -0.05) is 26.0 Å². The van der Waals surface area contributed by atoms with Crippen LogP contribution in [0.1, 0.15) is 35.9 Å². The monoisotopic (exact) mass is 405 g/mol. The first-order valence-corrected chi connectivity index (χ1v) is 9.57. The van der Waals surface area contributed by atoms with Gasteiger partial charge in [-0.3, -0.25) is 10.1 Å². The van der Waals surface area contributed by atoms with Crippen LogP contribution in [0.2, 0.25) is 0 Å². The fourth-order valence-electron chi connectivity index (χ4n) is 2.87. The number of thiocarbonyl (C=S) groups is 1. The number of oxazole rings is 1. The fourth-order valence-corrected chi connectivity index (χ4v) is 3.08. The van der Waals surface area contributed by atoms with Gasteiger partial charge in [-0.2, -0.15) is 0 Å². The number of hydrogen-bond acceptors (Lipinski definition) is 5. The number of hydrogen-bond donors (Lipinski definition) is 2. The molecule has 0 aliphatic heterocycles. The molecule has 0 saturated heterocycles. The number of nitrogens with zero attached hydrogens (tertiary/aromatic N) is 1. The molecule has 6 nitrogen and oxygen atoms in total. The van der Waals surface area contributed by atoms with Crippen LogP contribution in [0.25, 0.3) is 22.6 Å². The minimum atomic E-state index is -0.415. The molecule has 4 aromatic rings. The summed E-state index contributed by atoms with van der Waals surface area (Å²) in [7, 11) is 0. The minimum Gasteiger partial charge on any atom is -0.459 e. The van der Waals surface area contributed by atoms with E-state index in [2.05, 4.69) is 41.6 Å². The van der Waals surface area contributed by atoms with Crippen LogP contribution < -0.4 is 10.6 Å². The molecule has 0 radical (unpaired) electrons. The van der Waals surface area contributed by atoms with Crippen LogP contribution in [0, 0.1) is 0 Å². The Hall–Kier alpha value is -3.45. The van der Waals surface area contributed by atoms with Crippen molar-refractivity contribution in [2.75, 3.05) is 5.32 Å². The molecule has 146 valence electrons. The van der Waals surface area contributed by atoms with Crippen molar-refractivity contribution in [2.24, 2.45) is 0 Å². The van der Waals surface area contributed by atoms with Gasteiger partial charge in [0.25, 0.3) is 5.91 Å². The molecule has 2 N–H and O–H groups in total. The minimum absolute atomic E-state index is 0.166. The Morgan fingerprint density at radius 2 is 1.90 bits per heavy atom. The SMILES string of the molecule is CC(C)c1ccc(-c2nc3cc(NC(=S)NC(=O)c4ccco4)ccc3o2)cc1. The van der Waals surface area contributed by atoms with Gasteiger partial charge >= 0.3 is 0 Å². The summed E-state index contributed by atoms with van der Waals surface area (Å²) < 4.78 is 10.9. The zero-order valence-electron chi connectivity index (χ0n) is 15.9. The van der Waals surface area contributed by atoms with E-state index in [-0.39, 0.29) is 10.9 Å². The zero-order chi connectivity index (χ0) is 20.4. The standard InChI is InChI=1S/C22H19N3O3S/c1-13(2)14-5-7-15(8-6-14)21-24-17-12-16(9-10-18(17)28-21)23-22(29)25-20(26)19-4-3-11-27-19/h3-13H,1-2H3,(H2,23,25,26,29). The molecule has 29 heavy (non-hydrogen) atoms. The Morgan fingerprint density at radius 1 is 1.10 bits per heavy atom. The fraction of sp³-hybridized carbons (Fsp3) is 0.136. The lowest BCUT2D eigenvalue weighted by Gasteiger charge is -2.08. The van der Waals surface area contributed by atoms with E-state index in [9.17, 15) is 4.79 Å². The van der Waals surface area contributed by atoms with Crippen LogP contribution in [-0.4, -0.2) is 16.0 Å². The van der Waals surface area contributed by atoms with Gasteiger partial charge in [-0.15, -0.1) is 0 Å². The molecule has 0 spiro atoms. The molecule has 1 amide bonds. The third-order valence-electron chi connectivity index (χ3n) is 4.44. The second-order valence-corrected chi connectivity index (χ2v) is 7.27. The van der Waals surface area contributed by atoms with E-state index in [0.29, 0.717) is 28.6 Å². The molecule has 7 heteroatoms. The molecule has 2 heterocycles. The highest BCUT2D eigenvalue weighted by molar-refractivity contribution is 7.80. The Labute approximate surface area is 172 Å². The summed E-state index contributed by atoms with van der Waals surface area (Å²) in [4.78, 5) is 16.6. The number of furan rings is 1. The van der Waals surface area contributed by atoms with Crippen LogP contribution >= 0.6 is 12.2 Å². The zero-order valence-corrected chi connectivity index (χ0v) is 16.7. The molecular weight excluding hydrogens is 386 g/mol. The predicted octanol–water partition coefficient (Wildman–Crippen LogP) is 5.34. The van der Waals surface area contributed by atoms with E-state index >= 15 is 0 Å². The van der Waals surface area contributed by atoms with E-state index in [0.717, 1.165) is 5.56 Å². The number of aromatic nitrogens is 1. The Balaban J connectivity index is 1.49. The maximum Gasteiger partial charge on any atom is 0.293 e. The van der Waals surface area contributed by atoms with Crippen molar-refractivity contribution in [3.63, 3.8) is 0 Å². The second kappa shape index (κ2) is 7.89. The summed E-state index contributed by atoms with van der Waals surface area (Å²) in [6, 6.07) is 16.8. The van der Waals surface area contributed by atoms with Gasteiger partial charge in [0.1, 0.15) is 5.52 Å². The van der Waals surface area contributed by atoms with Crippen molar-refractivity contribution in [1.82, 2.24) is 10.3 Å². The summed E-state index contributed by atoms with van der Waals surface area (Å²) in [5, 5.41) is 5.71. The first kappa shape index (κ1) is 18.9. The second-order valence-electron chi connectivity index (χ2n) is 6.86. The van der Waals surface area contributed by atoms with Gasteiger partial charge in [0.05, 0.1) is 6.26 Å². The van der Waals surface area contributed by atoms with E-state index in [1.165, 1.54) is 11.8 Å². The van der Waals surface area contributed by atoms with Crippen molar-refractivity contribution < 1.29 is 13.6 Å². The van der Waals surface area contributed by atoms with E-state index in [1.807, 2.05) is 30.3 Å². The highest BCUT2D eigenvalue weighted by Gasteiger charge is 2.12. The van der Waals surface area contributed by atoms with E-state index < -0.39 is 5.91 Å². The van der Waals surface area contributed by atoms with Crippen molar-refractivity contribution in [3.8, 4) is 11.5 Å². The maximum atomic E-state index is 12.0. The number of carbonyl (C=O) groups excluding carboxylic acids is 1. The topological polar surface area (TPSA) is 80.3 Å². The summed E-state index contributed by atoms with van der Waals surface area (Å²) in [5.74, 6) is 0.802. The van der Waals surface area contributed by atoms with Gasteiger partial charge in [0, 0.05) is 11.3 Å². The molecule has 4 rings (SSSR count). The molecular formula is C22H19N3O3S. The van der Waals surface area contributed by atoms with Gasteiger partial charge < -0.3 is 14.2 Å². The molecule has 0 aliphatic carbocycles. The molecule has 2 aromatic heterocycles. The van der Waals surface area contributed by atoms with Crippen LogP contribution in [0.4, 0.5) is 5.69 Å². The predicted molar refractivity (Wildman–Crippen MR) is 116 cm³/mol. The number of fused-ring (bicyclic) bond motifs is 1. The lowest BCUT2D eigenvalue weighted by molar-refractivity contribution is 0.0950. The van der Waals surface area contributed by atoms with Crippen molar-refractivity contribution >= 4 is 40.0 Å². The van der Waals surface area contributed by atoms with Crippen LogP contribution in [-0.2, 0) is 0 Å². The first-order chi connectivity index (χ1) is 14.0. The lowest BCUT2D eigenvalue weighted by Crippen LogP contribution is -2.33. The highest BCUT2D eigenvalue weighted by Crippen LogP contribution is 2.27. The lowest BCUT2D eigenvalue weighted by atomic mass is 10.0. The average Bonchev–Trinajstić information content (AvgIpc) is 3.37. The molecule has 0 fully saturated rings. The quantitative estimate of drug-likeness (QED) is 0.446. The summed E-state index contributed by atoms with van der Waals surface area (Å²) in [6.45, 7) is 4.31. The third-order valence-corrected chi connectivity index (χ3v) is 4.65. The molecule has 0 aliphatic rings. The van der Waals surface area contributed by atoms with Crippen molar-refractivity contribution in [3.05, 3.63) is 72.2 Å². The maximum absolute atomic E-state index is 12.0. The molecule has 2 aromatic carbocycles. The van der Waals surface area contributed by atoms with Gasteiger partial charge in [0.2, 0.25) is 5.89 Å². The Bertz CT molecular complexity index is 1160. The number of carbonyl (C=O) groups is 1. The number of benzene rings is 2. The normalized spacial score (nSPS) is 11.0. The molecule has 0 bridgehead atoms. The number of rotatable bonds is 4. The summed E-state index contributed by atoms with van der Waals surface area (Å²) >= 11 is 5.20. The van der Waals surface area contributed by atoms with Crippen LogP contribution in [0.3, 0.4) is 0 Å². The molecule has 0 unspecified atom stereocenters. The van der Waals surface area contributed by atoms with E-state index in [1.54, 1.807) is 12.1 Å². The van der Waals surface area contributed by atoms with E-state index in [4.69, 9.17) is 21.1 Å². The Kier molecular flexibility index (Phi) is 5.14. The van der Waals surface area contributed by atoms with Gasteiger partial charge in [-0.05, 0) is 66.2 Å². The highest BCUT2D eigenvalue weighted by atomic mass is 32.1. The van der Waals surface area contributed by atoms with Crippen molar-refractivity contribution in [2.45, 2.75) is 19.8 Å². The van der Waals surface area contributed by atoms with Crippen molar-refractivity contribution in [1.29, 1.82) is 0 Å². The number of amides is 1. The van der Waals surface area contributed by atoms with Gasteiger partial charge in [0.15, 0.2) is 16.5 Å². The molecule has 0 atom stereocenters. The van der Waals surface area contributed by atoms with Crippen LogP contribution in [0.5, 0.6) is 0 Å². The summed E-state index contributed by atoms with van der Waals surface area (Å²) in [5.41, 5.74) is 4.24. The van der Waals surface area contributed by atoms with Crippen LogP contribution in [0.15, 0.2) is 69.7 Å². The third kappa shape index (κ3) is 4.20. The largest absolute Gasteiger partial charge is 0.459 e.